The number of hydrogen-bond acceptors (Lipinski definition) is 3. The summed E-state index contributed by atoms with van der Waals surface area (Å²) in [6.07, 6.45) is 4.64. The highest BCUT2D eigenvalue weighted by molar-refractivity contribution is 5.77. The van der Waals surface area contributed by atoms with Gasteiger partial charge in [0.15, 0.2) is 0 Å². The molecule has 1 aliphatic rings. The molecule has 0 radical (unpaired) electrons. The highest BCUT2D eigenvalue weighted by Crippen LogP contribution is 2.13. The third-order valence-corrected chi connectivity index (χ3v) is 4.30. The van der Waals surface area contributed by atoms with Crippen molar-refractivity contribution in [2.45, 2.75) is 51.5 Å². The van der Waals surface area contributed by atoms with Gasteiger partial charge in [0.05, 0.1) is 13.0 Å². The molecule has 1 saturated heterocycles. The molecule has 0 unspecified atom stereocenters. The van der Waals surface area contributed by atoms with Crippen LogP contribution < -0.4 is 10.1 Å². The smallest absolute Gasteiger partial charge is 0.225 e. The predicted octanol–water partition coefficient (Wildman–Crippen LogP) is 2.75. The van der Waals surface area contributed by atoms with Gasteiger partial charge in [0.25, 0.3) is 0 Å². The van der Waals surface area contributed by atoms with Crippen LogP contribution in [0.5, 0.6) is 5.75 Å². The monoisotopic (exact) mass is 332 g/mol. The number of piperidine rings is 1. The zero-order chi connectivity index (χ0) is 17.2. The van der Waals surface area contributed by atoms with Crippen LogP contribution in [0.1, 0.15) is 45.4 Å². The highest BCUT2D eigenvalue weighted by atomic mass is 16.5. The van der Waals surface area contributed by atoms with E-state index in [2.05, 4.69) is 12.2 Å². The molecule has 1 aromatic carbocycles. The van der Waals surface area contributed by atoms with Crippen LogP contribution >= 0.6 is 0 Å². The number of carbonyl (C=O) groups is 2. The molecule has 1 aromatic rings. The minimum Gasteiger partial charge on any atom is -0.493 e. The molecule has 132 valence electrons. The summed E-state index contributed by atoms with van der Waals surface area (Å²) in [6.45, 7) is 3.90. The molecule has 0 aromatic heterocycles. The van der Waals surface area contributed by atoms with Crippen LogP contribution in [0.2, 0.25) is 0 Å². The second-order valence-corrected chi connectivity index (χ2v) is 6.24. The number of rotatable bonds is 8. The van der Waals surface area contributed by atoms with Crippen LogP contribution in [0.4, 0.5) is 0 Å². The molecule has 0 aliphatic carbocycles. The molecule has 2 amide bonds. The lowest BCUT2D eigenvalue weighted by Gasteiger charge is -2.32. The molecule has 1 aliphatic heterocycles. The van der Waals surface area contributed by atoms with Crippen LogP contribution in [-0.2, 0) is 9.59 Å². The van der Waals surface area contributed by atoms with Gasteiger partial charge in [0, 0.05) is 25.6 Å². The van der Waals surface area contributed by atoms with Crippen molar-refractivity contribution >= 4 is 11.8 Å². The molecule has 24 heavy (non-hydrogen) atoms. The van der Waals surface area contributed by atoms with Crippen molar-refractivity contribution in [3.8, 4) is 5.75 Å². The van der Waals surface area contributed by atoms with Gasteiger partial charge < -0.3 is 15.0 Å². The zero-order valence-electron chi connectivity index (χ0n) is 14.5. The second kappa shape index (κ2) is 9.96. The number of amides is 2. The van der Waals surface area contributed by atoms with E-state index in [4.69, 9.17) is 4.74 Å². The Morgan fingerprint density at radius 2 is 1.88 bits per heavy atom. The van der Waals surface area contributed by atoms with E-state index in [-0.39, 0.29) is 17.9 Å². The Kier molecular flexibility index (Phi) is 7.59. The predicted molar refractivity (Wildman–Crippen MR) is 93.8 cm³/mol. The number of nitrogens with one attached hydrogen (secondary N) is 1. The Bertz CT molecular complexity index is 511. The summed E-state index contributed by atoms with van der Waals surface area (Å²) in [5, 5.41) is 3.08. The number of para-hydroxylation sites is 1. The average molecular weight is 332 g/mol. The number of carbonyl (C=O) groups excluding carboxylic acids is 2. The maximum absolute atomic E-state index is 12.2. The third-order valence-electron chi connectivity index (χ3n) is 4.30. The second-order valence-electron chi connectivity index (χ2n) is 6.24. The SMILES string of the molecule is CCCCC(=O)NC1CCN(C(=O)CCOc2ccccc2)CC1. The van der Waals surface area contributed by atoms with Gasteiger partial charge in [-0.1, -0.05) is 31.5 Å². The van der Waals surface area contributed by atoms with Gasteiger partial charge in [0.1, 0.15) is 5.75 Å². The van der Waals surface area contributed by atoms with Crippen LogP contribution in [-0.4, -0.2) is 42.5 Å². The summed E-state index contributed by atoms with van der Waals surface area (Å²) in [5.41, 5.74) is 0. The van der Waals surface area contributed by atoms with Gasteiger partial charge >= 0.3 is 0 Å². The molecular formula is C19H28N2O3. The minimum atomic E-state index is 0.127. The first-order valence-corrected chi connectivity index (χ1v) is 8.94. The number of ether oxygens (including phenoxy) is 1. The molecule has 0 spiro atoms. The van der Waals surface area contributed by atoms with E-state index < -0.39 is 0 Å². The van der Waals surface area contributed by atoms with E-state index in [1.165, 1.54) is 0 Å². The van der Waals surface area contributed by atoms with Gasteiger partial charge in [-0.05, 0) is 31.4 Å². The number of likely N-dealkylation sites (tertiary alicyclic amines) is 1. The van der Waals surface area contributed by atoms with Gasteiger partial charge in [-0.25, -0.2) is 0 Å². The molecule has 5 heteroatoms. The molecule has 5 nitrogen and oxygen atoms in total. The van der Waals surface area contributed by atoms with E-state index in [0.29, 0.717) is 32.5 Å². The Hall–Kier alpha value is -2.04. The lowest BCUT2D eigenvalue weighted by Crippen LogP contribution is -2.46. The summed E-state index contributed by atoms with van der Waals surface area (Å²) in [6, 6.07) is 9.74. The fourth-order valence-electron chi connectivity index (χ4n) is 2.84. The van der Waals surface area contributed by atoms with Gasteiger partial charge in [-0.2, -0.15) is 0 Å². The van der Waals surface area contributed by atoms with E-state index >= 15 is 0 Å². The zero-order valence-corrected chi connectivity index (χ0v) is 14.5. The lowest BCUT2D eigenvalue weighted by molar-refractivity contribution is -0.132. The average Bonchev–Trinajstić information content (AvgIpc) is 2.61. The summed E-state index contributed by atoms with van der Waals surface area (Å²) in [7, 11) is 0. The molecule has 2 rings (SSSR count). The summed E-state index contributed by atoms with van der Waals surface area (Å²) >= 11 is 0. The van der Waals surface area contributed by atoms with Crippen molar-refractivity contribution < 1.29 is 14.3 Å². The number of hydrogen-bond donors (Lipinski definition) is 1. The molecule has 0 bridgehead atoms. The van der Waals surface area contributed by atoms with Crippen molar-refractivity contribution in [1.82, 2.24) is 10.2 Å². The molecule has 0 saturated carbocycles. The van der Waals surface area contributed by atoms with Gasteiger partial charge in [-0.15, -0.1) is 0 Å². The Balaban J connectivity index is 1.62. The first kappa shape index (κ1) is 18.3. The standard InChI is InChI=1S/C19H28N2O3/c1-2-3-9-18(22)20-16-10-13-21(14-11-16)19(23)12-15-24-17-7-5-4-6-8-17/h4-8,16H,2-3,9-15H2,1H3,(H,20,22). The molecule has 1 fully saturated rings. The first-order valence-electron chi connectivity index (χ1n) is 8.94. The van der Waals surface area contributed by atoms with Crippen molar-refractivity contribution in [3.05, 3.63) is 30.3 Å². The van der Waals surface area contributed by atoms with E-state index in [9.17, 15) is 9.59 Å². The van der Waals surface area contributed by atoms with Gasteiger partial charge in [0.2, 0.25) is 11.8 Å². The van der Waals surface area contributed by atoms with E-state index in [1.807, 2.05) is 35.2 Å². The highest BCUT2D eigenvalue weighted by Gasteiger charge is 2.23. The van der Waals surface area contributed by atoms with Crippen LogP contribution in [0.25, 0.3) is 0 Å². The summed E-state index contributed by atoms with van der Waals surface area (Å²) in [5.74, 6) is 1.05. The topological polar surface area (TPSA) is 58.6 Å². The Morgan fingerprint density at radius 3 is 2.54 bits per heavy atom. The summed E-state index contributed by atoms with van der Waals surface area (Å²) < 4.78 is 5.57. The maximum Gasteiger partial charge on any atom is 0.225 e. The maximum atomic E-state index is 12.2. The Labute approximate surface area is 144 Å². The van der Waals surface area contributed by atoms with Crippen molar-refractivity contribution in [1.29, 1.82) is 0 Å². The van der Waals surface area contributed by atoms with Crippen molar-refractivity contribution in [2.24, 2.45) is 0 Å². The minimum absolute atomic E-state index is 0.127. The van der Waals surface area contributed by atoms with E-state index in [0.717, 1.165) is 31.4 Å². The van der Waals surface area contributed by atoms with E-state index in [1.54, 1.807) is 0 Å². The summed E-state index contributed by atoms with van der Waals surface area (Å²) in [4.78, 5) is 25.8. The lowest BCUT2D eigenvalue weighted by atomic mass is 10.0. The van der Waals surface area contributed by atoms with Crippen LogP contribution in [0.15, 0.2) is 30.3 Å². The van der Waals surface area contributed by atoms with Crippen molar-refractivity contribution in [2.75, 3.05) is 19.7 Å². The fraction of sp³-hybridized carbons (Fsp3) is 0.579. The number of benzene rings is 1. The molecule has 1 heterocycles. The Morgan fingerprint density at radius 1 is 1.17 bits per heavy atom. The first-order chi connectivity index (χ1) is 11.7. The fourth-order valence-corrected chi connectivity index (χ4v) is 2.84. The largest absolute Gasteiger partial charge is 0.493 e. The number of nitrogens with zero attached hydrogens (tertiary/aromatic N) is 1. The van der Waals surface area contributed by atoms with Crippen LogP contribution in [0.3, 0.4) is 0 Å². The van der Waals surface area contributed by atoms with Crippen molar-refractivity contribution in [3.63, 3.8) is 0 Å². The van der Waals surface area contributed by atoms with Crippen LogP contribution in [0, 0.1) is 0 Å². The third kappa shape index (κ3) is 6.22. The quantitative estimate of drug-likeness (QED) is 0.796. The molecule has 1 N–H and O–H groups in total. The molecule has 0 atom stereocenters. The normalized spacial score (nSPS) is 15.1. The van der Waals surface area contributed by atoms with Gasteiger partial charge in [-0.3, -0.25) is 9.59 Å². The number of unbranched alkanes of at least 4 members (excludes halogenated alkanes) is 1. The molecular weight excluding hydrogens is 304 g/mol.